The SMILES string of the molecule is O=S1(=O)CC2(CCC2)C1N(Cc1ccccc1)Cc1ccccc1. The first-order chi connectivity index (χ1) is 11.6. The van der Waals surface area contributed by atoms with Crippen molar-refractivity contribution >= 4 is 9.84 Å². The van der Waals surface area contributed by atoms with Crippen molar-refractivity contribution in [1.82, 2.24) is 4.90 Å². The van der Waals surface area contributed by atoms with Gasteiger partial charge in [0.2, 0.25) is 0 Å². The van der Waals surface area contributed by atoms with Crippen LogP contribution in [-0.2, 0) is 22.9 Å². The second-order valence-electron chi connectivity index (χ2n) is 7.25. The van der Waals surface area contributed by atoms with Gasteiger partial charge in [-0.05, 0) is 24.0 Å². The van der Waals surface area contributed by atoms with Gasteiger partial charge in [0.15, 0.2) is 9.84 Å². The van der Waals surface area contributed by atoms with Crippen LogP contribution in [-0.4, -0.2) is 24.4 Å². The quantitative estimate of drug-likeness (QED) is 0.834. The van der Waals surface area contributed by atoms with Crippen molar-refractivity contribution in [3.05, 3.63) is 71.8 Å². The maximum atomic E-state index is 12.6. The first-order valence-electron chi connectivity index (χ1n) is 8.63. The number of hydrogen-bond donors (Lipinski definition) is 0. The molecule has 4 rings (SSSR count). The van der Waals surface area contributed by atoms with Crippen LogP contribution in [0, 0.1) is 5.41 Å². The van der Waals surface area contributed by atoms with Crippen LogP contribution >= 0.6 is 0 Å². The summed E-state index contributed by atoms with van der Waals surface area (Å²) in [7, 11) is -3.00. The van der Waals surface area contributed by atoms with E-state index in [1.807, 2.05) is 36.4 Å². The fraction of sp³-hybridized carbons (Fsp3) is 0.400. The van der Waals surface area contributed by atoms with Gasteiger partial charge in [-0.15, -0.1) is 0 Å². The predicted molar refractivity (Wildman–Crippen MR) is 96.0 cm³/mol. The molecular weight excluding hydrogens is 318 g/mol. The highest BCUT2D eigenvalue weighted by Crippen LogP contribution is 2.56. The lowest BCUT2D eigenvalue weighted by Gasteiger charge is -2.58. The summed E-state index contributed by atoms with van der Waals surface area (Å²) in [4.78, 5) is 2.18. The summed E-state index contributed by atoms with van der Waals surface area (Å²) >= 11 is 0. The van der Waals surface area contributed by atoms with E-state index in [1.54, 1.807) is 0 Å². The van der Waals surface area contributed by atoms with E-state index in [0.717, 1.165) is 19.3 Å². The van der Waals surface area contributed by atoms with E-state index < -0.39 is 9.84 Å². The molecule has 3 nitrogen and oxygen atoms in total. The average molecular weight is 341 g/mol. The van der Waals surface area contributed by atoms with Gasteiger partial charge in [-0.1, -0.05) is 67.1 Å². The number of rotatable bonds is 5. The minimum Gasteiger partial charge on any atom is -0.278 e. The molecule has 1 unspecified atom stereocenters. The lowest BCUT2D eigenvalue weighted by atomic mass is 9.68. The number of hydrogen-bond acceptors (Lipinski definition) is 3. The molecule has 0 bridgehead atoms. The topological polar surface area (TPSA) is 37.4 Å². The van der Waals surface area contributed by atoms with E-state index >= 15 is 0 Å². The molecule has 0 amide bonds. The van der Waals surface area contributed by atoms with Gasteiger partial charge in [0, 0.05) is 18.5 Å². The summed E-state index contributed by atoms with van der Waals surface area (Å²) in [6.07, 6.45) is 3.27. The largest absolute Gasteiger partial charge is 0.278 e. The highest BCUT2D eigenvalue weighted by Gasteiger charge is 2.63. The van der Waals surface area contributed by atoms with Crippen molar-refractivity contribution in [2.24, 2.45) is 5.41 Å². The molecule has 1 atom stereocenters. The van der Waals surface area contributed by atoms with Gasteiger partial charge in [-0.2, -0.15) is 0 Å². The average Bonchev–Trinajstić information content (AvgIpc) is 2.53. The van der Waals surface area contributed by atoms with Crippen LogP contribution < -0.4 is 0 Å². The van der Waals surface area contributed by atoms with Gasteiger partial charge in [0.1, 0.15) is 5.37 Å². The van der Waals surface area contributed by atoms with Gasteiger partial charge < -0.3 is 0 Å². The molecule has 2 aliphatic rings. The molecule has 1 saturated heterocycles. The molecule has 24 heavy (non-hydrogen) atoms. The van der Waals surface area contributed by atoms with Crippen LogP contribution in [0.2, 0.25) is 0 Å². The van der Waals surface area contributed by atoms with E-state index in [1.165, 1.54) is 11.1 Å². The Morgan fingerprint density at radius 2 is 1.38 bits per heavy atom. The minimum absolute atomic E-state index is 0.0163. The monoisotopic (exact) mass is 341 g/mol. The zero-order valence-electron chi connectivity index (χ0n) is 13.8. The van der Waals surface area contributed by atoms with Crippen LogP contribution in [0.3, 0.4) is 0 Å². The third-order valence-electron chi connectivity index (χ3n) is 5.49. The molecule has 1 heterocycles. The van der Waals surface area contributed by atoms with Gasteiger partial charge in [0.05, 0.1) is 5.75 Å². The van der Waals surface area contributed by atoms with Gasteiger partial charge >= 0.3 is 0 Å². The van der Waals surface area contributed by atoms with E-state index in [9.17, 15) is 8.42 Å². The van der Waals surface area contributed by atoms with Crippen LogP contribution in [0.15, 0.2) is 60.7 Å². The van der Waals surface area contributed by atoms with Crippen molar-refractivity contribution in [3.8, 4) is 0 Å². The summed E-state index contributed by atoms with van der Waals surface area (Å²) < 4.78 is 25.2. The molecule has 1 spiro atoms. The lowest BCUT2D eigenvalue weighted by Crippen LogP contribution is -2.67. The van der Waals surface area contributed by atoms with Crippen LogP contribution in [0.4, 0.5) is 0 Å². The Bertz CT molecular complexity index is 757. The minimum atomic E-state index is -3.00. The molecule has 0 aromatic heterocycles. The van der Waals surface area contributed by atoms with Crippen molar-refractivity contribution in [2.75, 3.05) is 5.75 Å². The molecule has 1 saturated carbocycles. The second-order valence-corrected chi connectivity index (χ2v) is 9.31. The third-order valence-corrected chi connectivity index (χ3v) is 7.95. The third kappa shape index (κ3) is 2.78. The Hall–Kier alpha value is -1.65. The van der Waals surface area contributed by atoms with E-state index in [2.05, 4.69) is 29.2 Å². The Morgan fingerprint density at radius 3 is 1.75 bits per heavy atom. The Labute approximate surface area is 144 Å². The fourth-order valence-electron chi connectivity index (χ4n) is 4.33. The van der Waals surface area contributed by atoms with Gasteiger partial charge in [-0.25, -0.2) is 8.42 Å². The summed E-state index contributed by atoms with van der Waals surface area (Å²) in [6, 6.07) is 20.4. The van der Waals surface area contributed by atoms with Gasteiger partial charge in [-0.3, -0.25) is 4.90 Å². The summed E-state index contributed by atoms with van der Waals surface area (Å²) in [6.45, 7) is 1.36. The molecule has 0 radical (unpaired) electrons. The number of nitrogens with zero attached hydrogens (tertiary/aromatic N) is 1. The maximum absolute atomic E-state index is 12.6. The highest BCUT2D eigenvalue weighted by molar-refractivity contribution is 7.93. The molecule has 2 aromatic carbocycles. The van der Waals surface area contributed by atoms with Crippen molar-refractivity contribution in [2.45, 2.75) is 37.7 Å². The Balaban J connectivity index is 1.64. The fourth-order valence-corrected chi connectivity index (χ4v) is 7.12. The Morgan fingerprint density at radius 1 is 0.875 bits per heavy atom. The van der Waals surface area contributed by atoms with Crippen LogP contribution in [0.5, 0.6) is 0 Å². The summed E-state index contributed by atoms with van der Waals surface area (Å²) in [5, 5.41) is -0.320. The molecule has 1 aliphatic heterocycles. The van der Waals surface area contributed by atoms with Crippen molar-refractivity contribution in [3.63, 3.8) is 0 Å². The summed E-state index contributed by atoms with van der Waals surface area (Å²) in [5.74, 6) is 0.380. The highest BCUT2D eigenvalue weighted by atomic mass is 32.2. The standard InChI is InChI=1S/C20H23NO2S/c22-24(23)16-20(12-7-13-20)19(24)21(14-17-8-3-1-4-9-17)15-18-10-5-2-6-11-18/h1-6,8-11,19H,7,12-16H2. The lowest BCUT2D eigenvalue weighted by molar-refractivity contribution is 0.0277. The molecule has 126 valence electrons. The van der Waals surface area contributed by atoms with Crippen molar-refractivity contribution < 1.29 is 8.42 Å². The van der Waals surface area contributed by atoms with Gasteiger partial charge in [0.25, 0.3) is 0 Å². The smallest absolute Gasteiger partial charge is 0.167 e. The normalized spacial score (nSPS) is 23.6. The zero-order chi connectivity index (χ0) is 16.6. The molecule has 4 heteroatoms. The van der Waals surface area contributed by atoms with E-state index in [0.29, 0.717) is 18.8 Å². The Kier molecular flexibility index (Phi) is 3.97. The van der Waals surface area contributed by atoms with Crippen LogP contribution in [0.1, 0.15) is 30.4 Å². The molecule has 1 aliphatic carbocycles. The molecular formula is C20H23NO2S. The molecule has 0 N–H and O–H groups in total. The summed E-state index contributed by atoms with van der Waals surface area (Å²) in [5.41, 5.74) is 2.36. The maximum Gasteiger partial charge on any atom is 0.167 e. The van der Waals surface area contributed by atoms with E-state index in [4.69, 9.17) is 0 Å². The number of benzene rings is 2. The number of sulfone groups is 1. The zero-order valence-corrected chi connectivity index (χ0v) is 14.6. The predicted octanol–water partition coefficient (Wildman–Crippen LogP) is 3.61. The first-order valence-corrected chi connectivity index (χ1v) is 10.3. The first kappa shape index (κ1) is 15.9. The van der Waals surface area contributed by atoms with Crippen molar-refractivity contribution in [1.29, 1.82) is 0 Å². The molecule has 2 fully saturated rings. The second kappa shape index (κ2) is 6.01. The van der Waals surface area contributed by atoms with E-state index in [-0.39, 0.29) is 10.8 Å². The molecule has 2 aromatic rings. The van der Waals surface area contributed by atoms with Crippen LogP contribution in [0.25, 0.3) is 0 Å².